The van der Waals surface area contributed by atoms with Crippen LogP contribution in [0.3, 0.4) is 0 Å². The first-order valence-electron chi connectivity index (χ1n) is 13.0. The van der Waals surface area contributed by atoms with Gasteiger partial charge in [0.05, 0.1) is 17.4 Å². The summed E-state index contributed by atoms with van der Waals surface area (Å²) in [5.74, 6) is -1.39. The number of Topliss-reactive ketones (excluding diaryl/α,β-unsaturated/α-hetero) is 1. The van der Waals surface area contributed by atoms with E-state index in [1.807, 2.05) is 35.1 Å². The second-order valence-corrected chi connectivity index (χ2v) is 11.6. The third-order valence-electron chi connectivity index (χ3n) is 7.45. The lowest BCUT2D eigenvalue weighted by Crippen LogP contribution is -2.32. The minimum absolute atomic E-state index is 0.269. The molecule has 1 aliphatic heterocycles. The number of benzene rings is 1. The molecule has 3 heterocycles. The van der Waals surface area contributed by atoms with Gasteiger partial charge in [-0.05, 0) is 50.1 Å². The van der Waals surface area contributed by atoms with Crippen molar-refractivity contribution in [1.29, 1.82) is 0 Å². The van der Waals surface area contributed by atoms with E-state index < -0.39 is 12.5 Å². The van der Waals surface area contributed by atoms with Crippen molar-refractivity contribution < 1.29 is 18.3 Å². The van der Waals surface area contributed by atoms with E-state index in [0.717, 1.165) is 73.7 Å². The van der Waals surface area contributed by atoms with E-state index in [1.165, 1.54) is 24.2 Å². The van der Waals surface area contributed by atoms with Gasteiger partial charge in [-0.3, -0.25) is 14.4 Å². The fourth-order valence-electron chi connectivity index (χ4n) is 5.46. The molecule has 5 rings (SSSR count). The van der Waals surface area contributed by atoms with Gasteiger partial charge >= 0.3 is 0 Å². The van der Waals surface area contributed by atoms with Crippen molar-refractivity contribution in [3.63, 3.8) is 0 Å². The predicted octanol–water partition coefficient (Wildman–Crippen LogP) is 5.74. The Kier molecular flexibility index (Phi) is 7.67. The Morgan fingerprint density at radius 3 is 2.78 bits per heavy atom. The highest BCUT2D eigenvalue weighted by Gasteiger charge is 2.27. The van der Waals surface area contributed by atoms with Crippen LogP contribution in [0.2, 0.25) is 0 Å². The first-order valence-corrected chi connectivity index (χ1v) is 13.8. The number of hydrogen-bond acceptors (Lipinski definition) is 6. The van der Waals surface area contributed by atoms with Gasteiger partial charge in [0.15, 0.2) is 12.4 Å². The van der Waals surface area contributed by atoms with E-state index in [-0.39, 0.29) is 5.78 Å². The zero-order chi connectivity index (χ0) is 25.1. The van der Waals surface area contributed by atoms with Gasteiger partial charge in [-0.1, -0.05) is 42.4 Å². The fraction of sp³-hybridized carbons (Fsp3) is 0.593. The lowest BCUT2D eigenvalue weighted by Gasteiger charge is -2.31. The van der Waals surface area contributed by atoms with Crippen LogP contribution in [-0.2, 0) is 24.3 Å². The summed E-state index contributed by atoms with van der Waals surface area (Å²) in [4.78, 5) is 20.8. The summed E-state index contributed by atoms with van der Waals surface area (Å²) < 4.78 is 33.2. The molecule has 1 saturated carbocycles. The van der Waals surface area contributed by atoms with Crippen molar-refractivity contribution in [2.24, 2.45) is 11.8 Å². The first-order chi connectivity index (χ1) is 17.3. The number of ether oxygens (including phenoxy) is 1. The zero-order valence-corrected chi connectivity index (χ0v) is 21.6. The SMILES string of the molecule is CC(F)(F)COc1nc2c(s1)CCN(CCC1CCC(CC(=O)Cn3ncc4ccccc43)CC1)C2. The molecule has 9 heteroatoms. The number of carbonyl (C=O) groups is 1. The van der Waals surface area contributed by atoms with Gasteiger partial charge in [0.2, 0.25) is 0 Å². The normalized spacial score (nSPS) is 21.0. The van der Waals surface area contributed by atoms with Crippen molar-refractivity contribution in [2.45, 2.75) is 70.9 Å². The Balaban J connectivity index is 1.02. The monoisotopic (exact) mass is 516 g/mol. The van der Waals surface area contributed by atoms with E-state index in [4.69, 9.17) is 4.74 Å². The molecule has 36 heavy (non-hydrogen) atoms. The second kappa shape index (κ2) is 10.9. The van der Waals surface area contributed by atoms with Crippen LogP contribution in [0, 0.1) is 11.8 Å². The van der Waals surface area contributed by atoms with E-state index in [2.05, 4.69) is 15.0 Å². The third kappa shape index (κ3) is 6.48. The number of hydrogen-bond donors (Lipinski definition) is 0. The van der Waals surface area contributed by atoms with Crippen molar-refractivity contribution in [3.8, 4) is 5.19 Å². The van der Waals surface area contributed by atoms with E-state index in [1.54, 1.807) is 0 Å². The van der Waals surface area contributed by atoms with Gasteiger partial charge in [0.1, 0.15) is 6.54 Å². The summed E-state index contributed by atoms with van der Waals surface area (Å²) in [6, 6.07) is 8.00. The maximum Gasteiger partial charge on any atom is 0.278 e. The number of ketones is 1. The quantitative estimate of drug-likeness (QED) is 0.344. The topological polar surface area (TPSA) is 60.2 Å². The largest absolute Gasteiger partial charge is 0.464 e. The highest BCUT2D eigenvalue weighted by atomic mass is 32.1. The average Bonchev–Trinajstić information content (AvgIpc) is 3.45. The summed E-state index contributed by atoms with van der Waals surface area (Å²) in [5.41, 5.74) is 2.00. The first kappa shape index (κ1) is 25.3. The minimum atomic E-state index is -2.85. The Morgan fingerprint density at radius 2 is 1.97 bits per heavy atom. The molecule has 3 aromatic rings. The smallest absolute Gasteiger partial charge is 0.278 e. The molecular weight excluding hydrogens is 482 g/mol. The number of alkyl halides is 2. The van der Waals surface area contributed by atoms with Gasteiger partial charge in [-0.15, -0.1) is 0 Å². The molecule has 1 aliphatic carbocycles. The van der Waals surface area contributed by atoms with Crippen molar-refractivity contribution in [1.82, 2.24) is 19.7 Å². The van der Waals surface area contributed by atoms with Gasteiger partial charge in [-0.2, -0.15) is 5.10 Å². The molecule has 0 spiro atoms. The Hall–Kier alpha value is -2.39. The van der Waals surface area contributed by atoms with Crippen molar-refractivity contribution in [2.75, 3.05) is 19.7 Å². The van der Waals surface area contributed by atoms with Crippen LogP contribution in [0.4, 0.5) is 8.78 Å². The lowest BCUT2D eigenvalue weighted by atomic mass is 9.78. The van der Waals surface area contributed by atoms with Crippen LogP contribution in [0.25, 0.3) is 10.9 Å². The van der Waals surface area contributed by atoms with Crippen LogP contribution in [0.1, 0.15) is 56.0 Å². The Labute approximate surface area is 214 Å². The molecule has 0 unspecified atom stereocenters. The number of para-hydroxylation sites is 1. The molecule has 2 aromatic heterocycles. The lowest BCUT2D eigenvalue weighted by molar-refractivity contribution is -0.121. The summed E-state index contributed by atoms with van der Waals surface area (Å²) >= 11 is 1.40. The highest BCUT2D eigenvalue weighted by Crippen LogP contribution is 2.34. The number of nitrogens with zero attached hydrogens (tertiary/aromatic N) is 4. The molecule has 0 saturated heterocycles. The summed E-state index contributed by atoms with van der Waals surface area (Å²) in [6.45, 7) is 3.36. The van der Waals surface area contributed by atoms with Gasteiger partial charge in [-0.25, -0.2) is 13.8 Å². The fourth-order valence-corrected chi connectivity index (χ4v) is 6.37. The predicted molar refractivity (Wildman–Crippen MR) is 137 cm³/mol. The number of thiazole rings is 1. The molecule has 2 aliphatic rings. The van der Waals surface area contributed by atoms with Gasteiger partial charge < -0.3 is 4.74 Å². The molecule has 194 valence electrons. The molecule has 0 N–H and O–H groups in total. The van der Waals surface area contributed by atoms with E-state index in [0.29, 0.717) is 30.0 Å². The number of halogens is 2. The Bertz CT molecular complexity index is 1180. The standard InChI is InChI=1S/C27H34F2N4O2S/c1-27(28,29)18-35-26-31-23-17-32(13-11-25(23)36-26)12-10-19-6-8-20(9-7-19)14-22(34)16-33-24-5-3-2-4-21(24)15-30-33/h2-5,15,19-20H,6-14,16-18H2,1H3. The van der Waals surface area contributed by atoms with Crippen LogP contribution >= 0.6 is 11.3 Å². The minimum Gasteiger partial charge on any atom is -0.464 e. The summed E-state index contributed by atoms with van der Waals surface area (Å²) in [6.07, 6.45) is 9.14. The van der Waals surface area contributed by atoms with Crippen LogP contribution in [0.15, 0.2) is 30.5 Å². The zero-order valence-electron chi connectivity index (χ0n) is 20.8. The number of aromatic nitrogens is 3. The number of rotatable bonds is 10. The third-order valence-corrected chi connectivity index (χ3v) is 8.52. The highest BCUT2D eigenvalue weighted by molar-refractivity contribution is 7.13. The Morgan fingerprint density at radius 1 is 1.19 bits per heavy atom. The molecule has 1 aromatic carbocycles. The number of carbonyl (C=O) groups excluding carboxylic acids is 1. The second-order valence-electron chi connectivity index (χ2n) is 10.5. The van der Waals surface area contributed by atoms with Gasteiger partial charge in [0.25, 0.3) is 11.1 Å². The van der Waals surface area contributed by atoms with Crippen LogP contribution in [0.5, 0.6) is 5.19 Å². The van der Waals surface area contributed by atoms with E-state index in [9.17, 15) is 13.6 Å². The molecule has 0 atom stereocenters. The number of fused-ring (bicyclic) bond motifs is 2. The molecule has 6 nitrogen and oxygen atoms in total. The molecule has 0 amide bonds. The summed E-state index contributed by atoms with van der Waals surface area (Å²) in [5, 5.41) is 5.82. The maximum atomic E-state index is 13.1. The van der Waals surface area contributed by atoms with Crippen LogP contribution < -0.4 is 4.74 Å². The van der Waals surface area contributed by atoms with Crippen molar-refractivity contribution in [3.05, 3.63) is 41.0 Å². The maximum absolute atomic E-state index is 13.1. The summed E-state index contributed by atoms with van der Waals surface area (Å²) in [7, 11) is 0. The van der Waals surface area contributed by atoms with Crippen LogP contribution in [-0.4, -0.2) is 51.1 Å². The molecular formula is C27H34F2N4O2S. The van der Waals surface area contributed by atoms with E-state index >= 15 is 0 Å². The molecule has 0 bridgehead atoms. The van der Waals surface area contributed by atoms with Gasteiger partial charge in [0, 0.05) is 36.7 Å². The molecule has 0 radical (unpaired) electrons. The average molecular weight is 517 g/mol. The van der Waals surface area contributed by atoms with Crippen molar-refractivity contribution >= 4 is 28.0 Å². The molecule has 1 fully saturated rings.